The first kappa shape index (κ1) is 21.4. The van der Waals surface area contributed by atoms with Gasteiger partial charge >= 0.3 is 0 Å². The molecule has 10 heteroatoms. The summed E-state index contributed by atoms with van der Waals surface area (Å²) in [6, 6.07) is -0.103. The summed E-state index contributed by atoms with van der Waals surface area (Å²) in [4.78, 5) is 32.1. The van der Waals surface area contributed by atoms with Crippen molar-refractivity contribution in [3.05, 3.63) is 18.0 Å². The fourth-order valence-electron chi connectivity index (χ4n) is 3.24. The largest absolute Gasteiger partial charge is 0.375 e. The van der Waals surface area contributed by atoms with Gasteiger partial charge in [0.25, 0.3) is 5.91 Å². The highest BCUT2D eigenvalue weighted by atomic mass is 16.2. The molecule has 154 valence electrons. The van der Waals surface area contributed by atoms with Crippen molar-refractivity contribution in [3.63, 3.8) is 0 Å². The van der Waals surface area contributed by atoms with E-state index in [1.54, 1.807) is 19.0 Å². The normalized spacial score (nSPS) is 15.6. The number of amides is 2. The van der Waals surface area contributed by atoms with Gasteiger partial charge in [-0.1, -0.05) is 6.58 Å². The number of nitrogens with zero attached hydrogens (tertiary/aromatic N) is 5. The lowest BCUT2D eigenvalue weighted by molar-refractivity contribution is -0.126. The van der Waals surface area contributed by atoms with Crippen molar-refractivity contribution in [3.8, 4) is 0 Å². The second-order valence-corrected chi connectivity index (χ2v) is 7.21. The van der Waals surface area contributed by atoms with Crippen LogP contribution in [0.5, 0.6) is 0 Å². The topological polar surface area (TPSA) is 129 Å². The van der Waals surface area contributed by atoms with Crippen molar-refractivity contribution >= 4 is 23.6 Å². The van der Waals surface area contributed by atoms with Crippen LogP contribution in [0.2, 0.25) is 0 Å². The molecular weight excluding hydrogens is 360 g/mol. The molecule has 1 fully saturated rings. The summed E-state index contributed by atoms with van der Waals surface area (Å²) >= 11 is 0. The van der Waals surface area contributed by atoms with E-state index in [1.807, 2.05) is 13.8 Å². The van der Waals surface area contributed by atoms with Crippen molar-refractivity contribution in [2.45, 2.75) is 32.7 Å². The summed E-state index contributed by atoms with van der Waals surface area (Å²) in [5.41, 5.74) is 6.29. The van der Waals surface area contributed by atoms with Gasteiger partial charge in [0.1, 0.15) is 0 Å². The van der Waals surface area contributed by atoms with E-state index in [0.29, 0.717) is 12.5 Å². The lowest BCUT2D eigenvalue weighted by atomic mass is 9.95. The maximum absolute atomic E-state index is 12.5. The van der Waals surface area contributed by atoms with Gasteiger partial charge in [-0.2, -0.15) is 4.98 Å². The van der Waals surface area contributed by atoms with Gasteiger partial charge in [0.15, 0.2) is 11.5 Å². The Labute approximate surface area is 165 Å². The molecule has 1 aliphatic heterocycles. The van der Waals surface area contributed by atoms with E-state index in [-0.39, 0.29) is 29.4 Å². The SMILES string of the molecule is C=C(C)N1CCC(C(=O)NC(C)CN(C)c2nnc(C(N)=O)c(NC)n2)CC1. The van der Waals surface area contributed by atoms with Crippen LogP contribution in [0.4, 0.5) is 11.8 Å². The van der Waals surface area contributed by atoms with Crippen LogP contribution in [0.15, 0.2) is 12.3 Å². The summed E-state index contributed by atoms with van der Waals surface area (Å²) < 4.78 is 0. The number of piperidine rings is 1. The maximum atomic E-state index is 12.5. The quantitative estimate of drug-likeness (QED) is 0.574. The highest BCUT2D eigenvalue weighted by Gasteiger charge is 2.26. The molecule has 1 atom stereocenters. The van der Waals surface area contributed by atoms with Crippen LogP contribution in [0.1, 0.15) is 37.2 Å². The zero-order valence-electron chi connectivity index (χ0n) is 17.0. The average Bonchev–Trinajstić information content (AvgIpc) is 2.67. The molecule has 4 N–H and O–H groups in total. The van der Waals surface area contributed by atoms with E-state index in [1.165, 1.54) is 0 Å². The summed E-state index contributed by atoms with van der Waals surface area (Å²) in [5, 5.41) is 13.7. The molecule has 1 aromatic heterocycles. The second kappa shape index (κ2) is 9.34. The number of anilines is 2. The number of carbonyl (C=O) groups excluding carboxylic acids is 2. The Bertz CT molecular complexity index is 730. The standard InChI is InChI=1S/C18H30N8O2/c1-11(2)26-8-6-13(7-9-26)17(28)21-12(3)10-25(5)18-22-16(20-4)14(15(19)27)23-24-18/h12-13H,1,6-10H2,2-5H3,(H2,19,27)(H,21,28)(H,20,22,24). The van der Waals surface area contributed by atoms with E-state index < -0.39 is 5.91 Å². The minimum Gasteiger partial charge on any atom is -0.375 e. The number of aromatic nitrogens is 3. The molecule has 1 aliphatic rings. The van der Waals surface area contributed by atoms with Gasteiger partial charge in [-0.25, -0.2) is 0 Å². The highest BCUT2D eigenvalue weighted by Crippen LogP contribution is 2.20. The van der Waals surface area contributed by atoms with Gasteiger partial charge in [0.05, 0.1) is 0 Å². The fraction of sp³-hybridized carbons (Fsp3) is 0.611. The number of carbonyl (C=O) groups is 2. The van der Waals surface area contributed by atoms with Gasteiger partial charge in [-0.3, -0.25) is 9.59 Å². The van der Waals surface area contributed by atoms with Crippen molar-refractivity contribution in [2.24, 2.45) is 11.7 Å². The van der Waals surface area contributed by atoms with Crippen LogP contribution in [-0.2, 0) is 4.79 Å². The molecule has 1 aromatic rings. The van der Waals surface area contributed by atoms with Gasteiger partial charge < -0.3 is 26.2 Å². The monoisotopic (exact) mass is 390 g/mol. The first-order chi connectivity index (χ1) is 13.2. The number of likely N-dealkylation sites (N-methyl/N-ethyl adjacent to an activating group) is 1. The Balaban J connectivity index is 1.90. The molecular formula is C18H30N8O2. The van der Waals surface area contributed by atoms with Crippen molar-refractivity contribution in [1.82, 2.24) is 25.4 Å². The Kier molecular flexibility index (Phi) is 7.13. The minimum absolute atomic E-state index is 0.0119. The van der Waals surface area contributed by atoms with E-state index in [2.05, 4.69) is 37.3 Å². The molecule has 2 amide bonds. The molecule has 0 spiro atoms. The van der Waals surface area contributed by atoms with Crippen LogP contribution in [0, 0.1) is 5.92 Å². The molecule has 2 heterocycles. The maximum Gasteiger partial charge on any atom is 0.273 e. The summed E-state index contributed by atoms with van der Waals surface area (Å²) in [6.07, 6.45) is 1.66. The predicted octanol–water partition coefficient (Wildman–Crippen LogP) is 0.199. The number of rotatable bonds is 8. The third-order valence-corrected chi connectivity index (χ3v) is 4.83. The summed E-state index contributed by atoms with van der Waals surface area (Å²) in [6.45, 7) is 10.1. The number of likely N-dealkylation sites (tertiary alicyclic amines) is 1. The summed E-state index contributed by atoms with van der Waals surface area (Å²) in [7, 11) is 3.43. The molecule has 2 rings (SSSR count). The van der Waals surface area contributed by atoms with Gasteiger partial charge in [0.2, 0.25) is 11.9 Å². The molecule has 0 radical (unpaired) electrons. The molecule has 28 heavy (non-hydrogen) atoms. The zero-order valence-corrected chi connectivity index (χ0v) is 17.0. The number of nitrogens with two attached hydrogens (primary N) is 1. The minimum atomic E-state index is -0.697. The van der Waals surface area contributed by atoms with E-state index in [9.17, 15) is 9.59 Å². The molecule has 1 saturated heterocycles. The van der Waals surface area contributed by atoms with Gasteiger partial charge in [-0.15, -0.1) is 10.2 Å². The van der Waals surface area contributed by atoms with Crippen molar-refractivity contribution in [2.75, 3.05) is 43.9 Å². The first-order valence-corrected chi connectivity index (χ1v) is 9.37. The predicted molar refractivity (Wildman–Crippen MR) is 108 cm³/mol. The van der Waals surface area contributed by atoms with Crippen LogP contribution in [0.3, 0.4) is 0 Å². The summed E-state index contributed by atoms with van der Waals surface area (Å²) in [5.74, 6) is 0.000668. The third-order valence-electron chi connectivity index (χ3n) is 4.83. The molecule has 0 aliphatic carbocycles. The smallest absolute Gasteiger partial charge is 0.273 e. The molecule has 1 unspecified atom stereocenters. The fourth-order valence-corrected chi connectivity index (χ4v) is 3.24. The third kappa shape index (κ3) is 5.30. The van der Waals surface area contributed by atoms with Crippen LogP contribution >= 0.6 is 0 Å². The van der Waals surface area contributed by atoms with Crippen molar-refractivity contribution in [1.29, 1.82) is 0 Å². The van der Waals surface area contributed by atoms with Gasteiger partial charge in [0, 0.05) is 51.4 Å². The lowest BCUT2D eigenvalue weighted by Crippen LogP contribution is -2.46. The van der Waals surface area contributed by atoms with Crippen LogP contribution < -0.4 is 21.3 Å². The Hall–Kier alpha value is -2.91. The number of nitrogens with one attached hydrogen (secondary N) is 2. The van der Waals surface area contributed by atoms with Gasteiger partial charge in [-0.05, 0) is 26.7 Å². The second-order valence-electron chi connectivity index (χ2n) is 7.21. The number of hydrogen-bond donors (Lipinski definition) is 3. The highest BCUT2D eigenvalue weighted by molar-refractivity contribution is 5.95. The molecule has 0 bridgehead atoms. The van der Waals surface area contributed by atoms with E-state index in [0.717, 1.165) is 31.6 Å². The molecule has 0 aromatic carbocycles. The number of primary amides is 1. The van der Waals surface area contributed by atoms with E-state index >= 15 is 0 Å². The molecule has 10 nitrogen and oxygen atoms in total. The Morgan fingerprint density at radius 3 is 2.54 bits per heavy atom. The zero-order chi connectivity index (χ0) is 20.8. The van der Waals surface area contributed by atoms with Crippen molar-refractivity contribution < 1.29 is 9.59 Å². The lowest BCUT2D eigenvalue weighted by Gasteiger charge is -2.33. The molecule has 0 saturated carbocycles. The first-order valence-electron chi connectivity index (χ1n) is 9.37. The van der Waals surface area contributed by atoms with Crippen LogP contribution in [0.25, 0.3) is 0 Å². The number of hydrogen-bond acceptors (Lipinski definition) is 8. The Morgan fingerprint density at radius 1 is 1.36 bits per heavy atom. The van der Waals surface area contributed by atoms with Crippen LogP contribution in [-0.4, -0.2) is 71.7 Å². The number of allylic oxidation sites excluding steroid dienone is 1. The average molecular weight is 390 g/mol. The Morgan fingerprint density at radius 2 is 2.00 bits per heavy atom. The van der Waals surface area contributed by atoms with E-state index in [4.69, 9.17) is 5.73 Å².